The van der Waals surface area contributed by atoms with Gasteiger partial charge in [-0.25, -0.2) is 18.4 Å². The van der Waals surface area contributed by atoms with Crippen LogP contribution in [0.25, 0.3) is 0 Å². The van der Waals surface area contributed by atoms with Crippen LogP contribution in [-0.2, 0) is 16.0 Å². The molecule has 36 heavy (non-hydrogen) atoms. The summed E-state index contributed by atoms with van der Waals surface area (Å²) in [5, 5.41) is 9.72. The topological polar surface area (TPSA) is 85.3 Å². The fraction of sp³-hybridized carbons (Fsp3) is 0.462. The molecule has 2 aromatic rings. The number of nitrogens with zero attached hydrogens (tertiary/aromatic N) is 1. The van der Waals surface area contributed by atoms with Crippen LogP contribution < -0.4 is 9.47 Å². The fourth-order valence-electron chi connectivity index (χ4n) is 3.33. The minimum Gasteiger partial charge on any atom is -0.492 e. The molecular formula is C26H32ClF2NO6. The number of carboxylic acids is 1. The first kappa shape index (κ1) is 29.3. The average Bonchev–Trinajstić information content (AvgIpc) is 2.82. The molecular weight excluding hydrogens is 496 g/mol. The van der Waals surface area contributed by atoms with Gasteiger partial charge >= 0.3 is 12.1 Å². The van der Waals surface area contributed by atoms with Gasteiger partial charge in [0.05, 0.1) is 6.54 Å². The van der Waals surface area contributed by atoms with E-state index in [1.807, 2.05) is 0 Å². The summed E-state index contributed by atoms with van der Waals surface area (Å²) in [5.41, 5.74) is 0.782. The molecule has 10 heteroatoms. The Morgan fingerprint density at radius 3 is 2.25 bits per heavy atom. The second-order valence-corrected chi connectivity index (χ2v) is 8.75. The zero-order valence-electron chi connectivity index (χ0n) is 20.4. The van der Waals surface area contributed by atoms with Crippen LogP contribution in [0.2, 0.25) is 5.02 Å². The molecule has 0 aromatic heterocycles. The van der Waals surface area contributed by atoms with Crippen molar-refractivity contribution in [2.75, 3.05) is 26.3 Å². The van der Waals surface area contributed by atoms with Crippen LogP contribution in [0, 0.1) is 0 Å². The lowest BCUT2D eigenvalue weighted by Gasteiger charge is -2.22. The summed E-state index contributed by atoms with van der Waals surface area (Å²) >= 11 is 5.86. The van der Waals surface area contributed by atoms with E-state index >= 15 is 0 Å². The lowest BCUT2D eigenvalue weighted by Crippen LogP contribution is -2.37. The van der Waals surface area contributed by atoms with Crippen LogP contribution >= 0.6 is 11.6 Å². The molecule has 0 fully saturated rings. The second-order valence-electron chi connectivity index (χ2n) is 8.32. The van der Waals surface area contributed by atoms with Gasteiger partial charge in [0.15, 0.2) is 6.10 Å². The Balaban J connectivity index is 1.92. The Labute approximate surface area is 214 Å². The van der Waals surface area contributed by atoms with Gasteiger partial charge in [0.1, 0.15) is 18.1 Å². The van der Waals surface area contributed by atoms with Crippen molar-refractivity contribution in [1.29, 1.82) is 0 Å². The number of unbranched alkanes of at least 4 members (excludes halogenated alkanes) is 1. The highest BCUT2D eigenvalue weighted by molar-refractivity contribution is 6.30. The number of ether oxygens (including phenoxy) is 3. The van der Waals surface area contributed by atoms with Crippen LogP contribution in [0.15, 0.2) is 48.5 Å². The summed E-state index contributed by atoms with van der Waals surface area (Å²) in [4.78, 5) is 25.4. The Morgan fingerprint density at radius 2 is 1.67 bits per heavy atom. The number of amides is 1. The normalized spacial score (nSPS) is 12.1. The number of alkyl halides is 2. The highest BCUT2D eigenvalue weighted by Gasteiger charge is 2.21. The maximum atomic E-state index is 13.1. The van der Waals surface area contributed by atoms with E-state index < -0.39 is 24.1 Å². The first-order chi connectivity index (χ1) is 17.1. The van der Waals surface area contributed by atoms with E-state index in [-0.39, 0.29) is 39.0 Å². The van der Waals surface area contributed by atoms with Crippen LogP contribution in [0.4, 0.5) is 13.6 Å². The number of rotatable bonds is 15. The number of halogens is 3. The largest absolute Gasteiger partial charge is 0.492 e. The van der Waals surface area contributed by atoms with Crippen molar-refractivity contribution < 1.29 is 37.7 Å². The molecule has 0 aliphatic rings. The number of aliphatic carboxylic acids is 1. The minimum atomic E-state index is -2.75. The predicted molar refractivity (Wildman–Crippen MR) is 132 cm³/mol. The summed E-state index contributed by atoms with van der Waals surface area (Å²) in [6.45, 7) is 3.48. The maximum Gasteiger partial charge on any atom is 0.415 e. The van der Waals surface area contributed by atoms with Gasteiger partial charge in [0, 0.05) is 31.0 Å². The van der Waals surface area contributed by atoms with E-state index in [1.165, 1.54) is 4.90 Å². The molecule has 0 saturated carbocycles. The van der Waals surface area contributed by atoms with Crippen molar-refractivity contribution in [1.82, 2.24) is 4.90 Å². The average molecular weight is 528 g/mol. The summed E-state index contributed by atoms with van der Waals surface area (Å²) in [7, 11) is 0. The van der Waals surface area contributed by atoms with Crippen molar-refractivity contribution in [3.05, 3.63) is 59.1 Å². The number of carboxylic acid groups (broad SMARTS) is 1. The Morgan fingerprint density at radius 1 is 1.03 bits per heavy atom. The first-order valence-electron chi connectivity index (χ1n) is 11.7. The van der Waals surface area contributed by atoms with Crippen molar-refractivity contribution in [2.24, 2.45) is 0 Å². The lowest BCUT2D eigenvalue weighted by atomic mass is 10.1. The molecule has 0 spiro atoms. The molecule has 198 valence electrons. The van der Waals surface area contributed by atoms with Crippen LogP contribution in [0.3, 0.4) is 0 Å². The van der Waals surface area contributed by atoms with Gasteiger partial charge in [0.25, 0.3) is 0 Å². The van der Waals surface area contributed by atoms with Gasteiger partial charge in [0.2, 0.25) is 5.92 Å². The summed E-state index contributed by atoms with van der Waals surface area (Å²) in [6.07, 6.45) is -0.926. The van der Waals surface area contributed by atoms with Crippen molar-refractivity contribution in [3.63, 3.8) is 0 Å². The van der Waals surface area contributed by atoms with Gasteiger partial charge in [-0.3, -0.25) is 0 Å². The molecule has 7 nitrogen and oxygen atoms in total. The second kappa shape index (κ2) is 14.6. The molecule has 0 radical (unpaired) electrons. The van der Waals surface area contributed by atoms with Crippen LogP contribution in [-0.4, -0.2) is 60.4 Å². The third kappa shape index (κ3) is 11.2. The first-order valence-corrected chi connectivity index (χ1v) is 12.1. The van der Waals surface area contributed by atoms with Gasteiger partial charge in [-0.1, -0.05) is 23.7 Å². The smallest absolute Gasteiger partial charge is 0.415 e. The molecule has 0 aliphatic carbocycles. The predicted octanol–water partition coefficient (Wildman–Crippen LogP) is 6.08. The van der Waals surface area contributed by atoms with Crippen molar-refractivity contribution >= 4 is 23.7 Å². The molecule has 0 heterocycles. The van der Waals surface area contributed by atoms with Crippen molar-refractivity contribution in [3.8, 4) is 11.5 Å². The quantitative estimate of drug-likeness (QED) is 0.283. The highest BCUT2D eigenvalue weighted by atomic mass is 35.5. The molecule has 1 unspecified atom stereocenters. The van der Waals surface area contributed by atoms with E-state index in [1.54, 1.807) is 55.5 Å². The fourth-order valence-corrected chi connectivity index (χ4v) is 3.45. The molecule has 2 rings (SSSR count). The number of hydrogen-bond acceptors (Lipinski definition) is 5. The van der Waals surface area contributed by atoms with Gasteiger partial charge < -0.3 is 24.2 Å². The van der Waals surface area contributed by atoms with E-state index in [9.17, 15) is 23.5 Å². The summed E-state index contributed by atoms with van der Waals surface area (Å²) in [6, 6.07) is 13.2. The Bertz CT molecular complexity index is 950. The van der Waals surface area contributed by atoms with E-state index in [2.05, 4.69) is 0 Å². The molecule has 0 aliphatic heterocycles. The Hall–Kier alpha value is -2.91. The zero-order chi connectivity index (χ0) is 26.6. The van der Waals surface area contributed by atoms with Crippen LogP contribution in [0.5, 0.6) is 11.5 Å². The summed E-state index contributed by atoms with van der Waals surface area (Å²) in [5.74, 6) is -2.92. The van der Waals surface area contributed by atoms with Gasteiger partial charge in [-0.2, -0.15) is 0 Å². The molecule has 1 atom stereocenters. The standard InChI is InChI=1S/C26H32ClF2NO6/c1-3-34-23(24(31)32)18-19-6-10-21(11-7-19)35-17-16-30(15-5-4-14-26(2,28)29)25(33)36-22-12-8-20(27)9-13-22/h6-13,23H,3-5,14-18H2,1-2H3,(H,31,32). The highest BCUT2D eigenvalue weighted by Crippen LogP contribution is 2.21. The number of carbonyl (C=O) groups is 2. The van der Waals surface area contributed by atoms with E-state index in [4.69, 9.17) is 25.8 Å². The van der Waals surface area contributed by atoms with E-state index in [0.29, 0.717) is 29.5 Å². The van der Waals surface area contributed by atoms with Gasteiger partial charge in [-0.15, -0.1) is 0 Å². The zero-order valence-corrected chi connectivity index (χ0v) is 21.2. The maximum absolute atomic E-state index is 13.1. The minimum absolute atomic E-state index is 0.149. The monoisotopic (exact) mass is 527 g/mol. The third-order valence-corrected chi connectivity index (χ3v) is 5.44. The molecule has 0 saturated heterocycles. The molecule has 1 N–H and O–H groups in total. The van der Waals surface area contributed by atoms with Crippen molar-refractivity contribution in [2.45, 2.75) is 51.6 Å². The number of carbonyl (C=O) groups excluding carboxylic acids is 1. The van der Waals surface area contributed by atoms with E-state index in [0.717, 1.165) is 12.5 Å². The molecule has 2 aromatic carbocycles. The lowest BCUT2D eigenvalue weighted by molar-refractivity contribution is -0.149. The third-order valence-electron chi connectivity index (χ3n) is 5.19. The number of hydrogen-bond donors (Lipinski definition) is 1. The Kier molecular flexibility index (Phi) is 11.9. The number of benzene rings is 2. The van der Waals surface area contributed by atoms with Gasteiger partial charge in [-0.05, 0) is 68.7 Å². The van der Waals surface area contributed by atoms with Crippen LogP contribution in [0.1, 0.15) is 38.7 Å². The molecule has 0 bridgehead atoms. The molecule has 1 amide bonds. The summed E-state index contributed by atoms with van der Waals surface area (Å²) < 4.78 is 42.6. The SMILES string of the molecule is CCOC(Cc1ccc(OCCN(CCCCC(C)(F)F)C(=O)Oc2ccc(Cl)cc2)cc1)C(=O)O.